The van der Waals surface area contributed by atoms with Crippen LogP contribution in [0.5, 0.6) is 0 Å². The fourth-order valence-electron chi connectivity index (χ4n) is 4.77. The molecular weight excluding hydrogens is 378 g/mol. The van der Waals surface area contributed by atoms with Crippen LogP contribution >= 0.6 is 0 Å². The summed E-state index contributed by atoms with van der Waals surface area (Å²) in [6.07, 6.45) is 2.06. The molecule has 0 saturated carbocycles. The van der Waals surface area contributed by atoms with Crippen molar-refractivity contribution < 1.29 is 0 Å². The largest absolute Gasteiger partial charge is 0.354 e. The van der Waals surface area contributed by atoms with Crippen LogP contribution in [-0.2, 0) is 0 Å². The van der Waals surface area contributed by atoms with E-state index in [0.717, 1.165) is 54.0 Å². The second-order valence-electron chi connectivity index (χ2n) is 8.71. The van der Waals surface area contributed by atoms with Gasteiger partial charge in [-0.3, -0.25) is 0 Å². The zero-order valence-electron chi connectivity index (χ0n) is 18.4. The highest BCUT2D eigenvalue weighted by Gasteiger charge is 2.29. The van der Waals surface area contributed by atoms with E-state index in [-0.39, 0.29) is 0 Å². The predicted molar refractivity (Wildman–Crippen MR) is 134 cm³/mol. The van der Waals surface area contributed by atoms with Crippen LogP contribution in [0, 0.1) is 13.8 Å². The van der Waals surface area contributed by atoms with Gasteiger partial charge < -0.3 is 16.0 Å². The second-order valence-corrected chi connectivity index (χ2v) is 8.71. The molecule has 3 heteroatoms. The van der Waals surface area contributed by atoms with Gasteiger partial charge in [0.2, 0.25) is 0 Å². The third kappa shape index (κ3) is 3.17. The van der Waals surface area contributed by atoms with Crippen molar-refractivity contribution >= 4 is 33.9 Å². The Balaban J connectivity index is 1.66. The predicted octanol–water partition coefficient (Wildman–Crippen LogP) is 6.67. The van der Waals surface area contributed by atoms with E-state index in [4.69, 9.17) is 5.73 Å². The Morgan fingerprint density at radius 1 is 0.742 bits per heavy atom. The summed E-state index contributed by atoms with van der Waals surface area (Å²) in [7, 11) is 0. The van der Waals surface area contributed by atoms with Crippen LogP contribution in [0.3, 0.4) is 0 Å². The van der Waals surface area contributed by atoms with Gasteiger partial charge in [-0.1, -0.05) is 36.4 Å². The van der Waals surface area contributed by atoms with E-state index >= 15 is 0 Å². The van der Waals surface area contributed by atoms with Gasteiger partial charge in [0, 0.05) is 51.5 Å². The zero-order valence-corrected chi connectivity index (χ0v) is 18.4. The standard InChI is InChI=1S/C28H29N3/c1-17-7-9-25-21(13-17)19(3)22-16-28-24(15-26(22)30-25)20(4)23-14-18(2)8-10-27(23)31(28)12-6-5-11-29/h7-10,13-16,30H,3-6,11-12,29H2,1-2H3. The molecule has 2 aliphatic rings. The summed E-state index contributed by atoms with van der Waals surface area (Å²) in [6, 6.07) is 17.7. The highest BCUT2D eigenvalue weighted by molar-refractivity contribution is 6.03. The number of anilines is 4. The lowest BCUT2D eigenvalue weighted by Crippen LogP contribution is -2.25. The highest BCUT2D eigenvalue weighted by Crippen LogP contribution is 2.50. The Labute approximate surface area is 184 Å². The number of nitrogens with one attached hydrogen (secondary N) is 1. The first-order valence-corrected chi connectivity index (χ1v) is 11.0. The molecule has 3 N–H and O–H groups in total. The van der Waals surface area contributed by atoms with E-state index in [0.29, 0.717) is 0 Å². The van der Waals surface area contributed by atoms with Crippen molar-refractivity contribution in [2.75, 3.05) is 23.3 Å². The maximum absolute atomic E-state index is 5.79. The Hall–Kier alpha value is -3.30. The molecule has 0 amide bonds. The molecule has 3 aromatic carbocycles. The van der Waals surface area contributed by atoms with Crippen LogP contribution < -0.4 is 16.0 Å². The number of aryl methyl sites for hydroxylation is 2. The highest BCUT2D eigenvalue weighted by atomic mass is 15.1. The topological polar surface area (TPSA) is 41.3 Å². The van der Waals surface area contributed by atoms with Crippen LogP contribution in [0.4, 0.5) is 22.7 Å². The molecule has 0 unspecified atom stereocenters. The fourth-order valence-corrected chi connectivity index (χ4v) is 4.77. The van der Waals surface area contributed by atoms with Crippen molar-refractivity contribution in [1.82, 2.24) is 0 Å². The maximum Gasteiger partial charge on any atom is 0.0498 e. The number of benzene rings is 3. The molecule has 0 bridgehead atoms. The van der Waals surface area contributed by atoms with Crippen molar-refractivity contribution in [1.29, 1.82) is 0 Å². The first kappa shape index (κ1) is 19.7. The van der Waals surface area contributed by atoms with Crippen molar-refractivity contribution in [3.8, 4) is 0 Å². The number of unbranched alkanes of at least 4 members (excludes halogenated alkanes) is 1. The van der Waals surface area contributed by atoms with E-state index in [2.05, 4.69) is 85.8 Å². The van der Waals surface area contributed by atoms with Crippen LogP contribution in [0.25, 0.3) is 11.1 Å². The third-order valence-corrected chi connectivity index (χ3v) is 6.45. The second kappa shape index (κ2) is 7.44. The first-order chi connectivity index (χ1) is 15.0. The Kier molecular flexibility index (Phi) is 4.71. The summed E-state index contributed by atoms with van der Waals surface area (Å²) in [6.45, 7) is 14.9. The van der Waals surface area contributed by atoms with Crippen molar-refractivity contribution in [3.63, 3.8) is 0 Å². The van der Waals surface area contributed by atoms with Crippen LogP contribution in [-0.4, -0.2) is 13.1 Å². The summed E-state index contributed by atoms with van der Waals surface area (Å²) < 4.78 is 0. The molecule has 2 aliphatic heterocycles. The minimum absolute atomic E-state index is 0.717. The SMILES string of the molecule is C=C1c2cc(C)ccc2Nc2cc3c(cc21)N(CCCCN)c1ccc(C)cc1C3=C. The number of hydrogen-bond acceptors (Lipinski definition) is 3. The number of hydrogen-bond donors (Lipinski definition) is 2. The maximum atomic E-state index is 5.79. The molecule has 0 fully saturated rings. The molecule has 3 aromatic rings. The van der Waals surface area contributed by atoms with E-state index in [1.54, 1.807) is 0 Å². The lowest BCUT2D eigenvalue weighted by atomic mass is 9.85. The van der Waals surface area contributed by atoms with Crippen LogP contribution in [0.1, 0.15) is 46.2 Å². The van der Waals surface area contributed by atoms with Gasteiger partial charge in [-0.05, 0) is 80.8 Å². The minimum atomic E-state index is 0.717. The van der Waals surface area contributed by atoms with E-state index in [1.807, 2.05) is 0 Å². The van der Waals surface area contributed by atoms with Gasteiger partial charge in [0.05, 0.1) is 0 Å². The molecule has 0 aromatic heterocycles. The molecule has 5 rings (SSSR count). The summed E-state index contributed by atoms with van der Waals surface area (Å²) in [5, 5.41) is 3.63. The van der Waals surface area contributed by atoms with Gasteiger partial charge in [0.1, 0.15) is 0 Å². The molecule has 0 atom stereocenters. The van der Waals surface area contributed by atoms with Crippen LogP contribution in [0.2, 0.25) is 0 Å². The van der Waals surface area contributed by atoms with Gasteiger partial charge in [-0.25, -0.2) is 0 Å². The lowest BCUT2D eigenvalue weighted by molar-refractivity contribution is 0.740. The van der Waals surface area contributed by atoms with E-state index < -0.39 is 0 Å². The van der Waals surface area contributed by atoms with E-state index in [9.17, 15) is 0 Å². The molecule has 2 heterocycles. The summed E-state index contributed by atoms with van der Waals surface area (Å²) in [4.78, 5) is 2.44. The Morgan fingerprint density at radius 2 is 1.39 bits per heavy atom. The van der Waals surface area contributed by atoms with E-state index in [1.165, 1.54) is 39.2 Å². The normalized spacial score (nSPS) is 13.8. The van der Waals surface area contributed by atoms with Crippen LogP contribution in [0.15, 0.2) is 61.7 Å². The molecule has 0 aliphatic carbocycles. The molecule has 156 valence electrons. The fraction of sp³-hybridized carbons (Fsp3) is 0.214. The van der Waals surface area contributed by atoms with Gasteiger partial charge in [-0.15, -0.1) is 0 Å². The monoisotopic (exact) mass is 407 g/mol. The van der Waals surface area contributed by atoms with Gasteiger partial charge >= 0.3 is 0 Å². The number of rotatable bonds is 4. The lowest BCUT2D eigenvalue weighted by Gasteiger charge is -2.36. The van der Waals surface area contributed by atoms with Crippen molar-refractivity contribution in [2.45, 2.75) is 26.7 Å². The zero-order chi connectivity index (χ0) is 21.7. The molecule has 3 nitrogen and oxygen atoms in total. The molecule has 0 spiro atoms. The smallest absolute Gasteiger partial charge is 0.0498 e. The molecule has 31 heavy (non-hydrogen) atoms. The quantitative estimate of drug-likeness (QED) is 0.371. The average molecular weight is 408 g/mol. The van der Waals surface area contributed by atoms with Crippen molar-refractivity contribution in [2.24, 2.45) is 5.73 Å². The molecular formula is C28H29N3. The molecule has 0 radical (unpaired) electrons. The van der Waals surface area contributed by atoms with Gasteiger partial charge in [-0.2, -0.15) is 0 Å². The first-order valence-electron chi connectivity index (χ1n) is 11.0. The number of fused-ring (bicyclic) bond motifs is 4. The summed E-state index contributed by atoms with van der Waals surface area (Å²) in [5.74, 6) is 0. The van der Waals surface area contributed by atoms with Gasteiger partial charge in [0.15, 0.2) is 0 Å². The Bertz CT molecular complexity index is 1240. The van der Waals surface area contributed by atoms with Crippen molar-refractivity contribution in [3.05, 3.63) is 95.1 Å². The van der Waals surface area contributed by atoms with Gasteiger partial charge in [0.25, 0.3) is 0 Å². The summed E-state index contributed by atoms with van der Waals surface area (Å²) in [5.41, 5.74) is 19.8. The Morgan fingerprint density at radius 3 is 2.16 bits per heavy atom. The summed E-state index contributed by atoms with van der Waals surface area (Å²) >= 11 is 0. The minimum Gasteiger partial charge on any atom is -0.354 e. The third-order valence-electron chi connectivity index (χ3n) is 6.45. The average Bonchev–Trinajstić information content (AvgIpc) is 2.76. The number of nitrogens with zero attached hydrogens (tertiary/aromatic N) is 1. The molecule has 0 saturated heterocycles. The number of nitrogens with two attached hydrogens (primary N) is 1.